The Balaban J connectivity index is 2.20. The van der Waals surface area contributed by atoms with Gasteiger partial charge < -0.3 is 9.47 Å². The van der Waals surface area contributed by atoms with Crippen molar-refractivity contribution in [2.45, 2.75) is 39.5 Å². The van der Waals surface area contributed by atoms with Gasteiger partial charge in [0, 0.05) is 11.5 Å². The minimum atomic E-state index is -0.269. The van der Waals surface area contributed by atoms with Crippen molar-refractivity contribution in [3.05, 3.63) is 27.2 Å². The highest BCUT2D eigenvalue weighted by Gasteiger charge is 2.18. The Morgan fingerprint density at radius 2 is 2.00 bits per heavy atom. The van der Waals surface area contributed by atoms with Crippen molar-refractivity contribution in [1.82, 2.24) is 10.2 Å². The molecule has 0 spiro atoms. The van der Waals surface area contributed by atoms with Gasteiger partial charge in [-0.3, -0.25) is 10.1 Å². The average molecular weight is 428 g/mol. The molecule has 0 fully saturated rings. The van der Waals surface area contributed by atoms with Gasteiger partial charge in [-0.1, -0.05) is 25.2 Å². The van der Waals surface area contributed by atoms with E-state index in [1.54, 1.807) is 19.2 Å². The summed E-state index contributed by atoms with van der Waals surface area (Å²) in [5, 5.41) is 12.5. The molecule has 25 heavy (non-hydrogen) atoms. The van der Waals surface area contributed by atoms with E-state index >= 15 is 0 Å². The van der Waals surface area contributed by atoms with E-state index in [-0.39, 0.29) is 5.91 Å². The van der Waals surface area contributed by atoms with Crippen molar-refractivity contribution in [1.29, 1.82) is 0 Å². The van der Waals surface area contributed by atoms with Crippen molar-refractivity contribution < 1.29 is 14.3 Å². The van der Waals surface area contributed by atoms with Gasteiger partial charge in [0.1, 0.15) is 5.01 Å². The molecule has 0 radical (unpaired) electrons. The number of halogens is 1. The van der Waals surface area contributed by atoms with E-state index < -0.39 is 0 Å². The quantitative estimate of drug-likeness (QED) is 0.650. The maximum atomic E-state index is 12.5. The van der Waals surface area contributed by atoms with Crippen molar-refractivity contribution in [2.24, 2.45) is 0 Å². The van der Waals surface area contributed by atoms with Crippen LogP contribution in [-0.2, 0) is 0 Å². The lowest BCUT2D eigenvalue weighted by Gasteiger charge is -2.13. The maximum absolute atomic E-state index is 12.5. The molecule has 0 bridgehead atoms. The molecule has 8 heteroatoms. The molecule has 1 heterocycles. The van der Waals surface area contributed by atoms with E-state index in [2.05, 4.69) is 45.3 Å². The predicted octanol–water partition coefficient (Wildman–Crippen LogP) is 4.86. The highest BCUT2D eigenvalue weighted by atomic mass is 79.9. The van der Waals surface area contributed by atoms with Gasteiger partial charge in [0.15, 0.2) is 11.5 Å². The third-order valence-corrected chi connectivity index (χ3v) is 5.37. The molecule has 0 saturated heterocycles. The zero-order chi connectivity index (χ0) is 18.4. The molecule has 0 aliphatic rings. The largest absolute Gasteiger partial charge is 0.493 e. The van der Waals surface area contributed by atoms with Crippen molar-refractivity contribution in [2.75, 3.05) is 19.0 Å². The normalized spacial score (nSPS) is 10.8. The third-order valence-electron chi connectivity index (χ3n) is 3.78. The second-order valence-corrected chi connectivity index (χ2v) is 7.20. The summed E-state index contributed by atoms with van der Waals surface area (Å²) in [7, 11) is 1.54. The molecule has 0 unspecified atom stereocenters. The zero-order valence-electron chi connectivity index (χ0n) is 14.8. The highest BCUT2D eigenvalue weighted by molar-refractivity contribution is 9.10. The molecule has 0 saturated carbocycles. The smallest absolute Gasteiger partial charge is 0.257 e. The van der Waals surface area contributed by atoms with Crippen LogP contribution in [0.3, 0.4) is 0 Å². The number of methoxy groups -OCH3 is 1. The van der Waals surface area contributed by atoms with Crippen molar-refractivity contribution >= 4 is 38.3 Å². The minimum Gasteiger partial charge on any atom is -0.493 e. The Bertz CT molecular complexity index is 732. The molecule has 2 aromatic rings. The number of nitrogens with one attached hydrogen (secondary N) is 1. The maximum Gasteiger partial charge on any atom is 0.257 e. The molecule has 0 aliphatic carbocycles. The molecule has 6 nitrogen and oxygen atoms in total. The van der Waals surface area contributed by atoms with Crippen LogP contribution in [0, 0.1) is 0 Å². The average Bonchev–Trinajstić information content (AvgIpc) is 3.05. The SMILES string of the molecule is CCOc1c(Br)cc(C(=O)Nc2nnc(C(CC)CC)s2)cc1OC. The van der Waals surface area contributed by atoms with Crippen LogP contribution in [0.4, 0.5) is 5.13 Å². The van der Waals surface area contributed by atoms with E-state index in [0.717, 1.165) is 17.8 Å². The number of ether oxygens (including phenoxy) is 2. The first-order valence-electron chi connectivity index (χ1n) is 8.18. The standard InChI is InChI=1S/C17H22BrN3O3S/c1-5-10(6-2)16-20-21-17(25-16)19-15(22)11-8-12(18)14(24-7-3)13(9-11)23-4/h8-10H,5-7H2,1-4H3,(H,19,21,22). The van der Waals surface area contributed by atoms with Crippen LogP contribution >= 0.6 is 27.3 Å². The van der Waals surface area contributed by atoms with Gasteiger partial charge in [-0.25, -0.2) is 0 Å². The molecule has 1 amide bonds. The molecular weight excluding hydrogens is 406 g/mol. The fourth-order valence-electron chi connectivity index (χ4n) is 2.39. The number of carbonyl (C=O) groups excluding carboxylic acids is 1. The van der Waals surface area contributed by atoms with Crippen LogP contribution in [-0.4, -0.2) is 29.8 Å². The van der Waals surface area contributed by atoms with Crippen LogP contribution in [0.2, 0.25) is 0 Å². The second kappa shape index (κ2) is 9.15. The highest BCUT2D eigenvalue weighted by Crippen LogP contribution is 2.37. The molecule has 1 aromatic heterocycles. The van der Waals surface area contributed by atoms with E-state index in [0.29, 0.717) is 39.2 Å². The number of hydrogen-bond acceptors (Lipinski definition) is 6. The van der Waals surface area contributed by atoms with Gasteiger partial charge in [-0.05, 0) is 47.8 Å². The molecule has 1 aromatic carbocycles. The summed E-state index contributed by atoms with van der Waals surface area (Å²) >= 11 is 4.84. The molecule has 0 aliphatic heterocycles. The number of benzene rings is 1. The summed E-state index contributed by atoms with van der Waals surface area (Å²) in [4.78, 5) is 12.5. The van der Waals surface area contributed by atoms with Gasteiger partial charge in [0.2, 0.25) is 5.13 Å². The topological polar surface area (TPSA) is 73.3 Å². The van der Waals surface area contributed by atoms with Crippen LogP contribution in [0.5, 0.6) is 11.5 Å². The monoisotopic (exact) mass is 427 g/mol. The fraction of sp³-hybridized carbons (Fsp3) is 0.471. The summed E-state index contributed by atoms with van der Waals surface area (Å²) in [6, 6.07) is 3.35. The number of nitrogens with zero attached hydrogens (tertiary/aromatic N) is 2. The van der Waals surface area contributed by atoms with E-state index in [1.807, 2.05) is 6.92 Å². The lowest BCUT2D eigenvalue weighted by molar-refractivity contribution is 0.102. The number of carbonyl (C=O) groups is 1. The van der Waals surface area contributed by atoms with Gasteiger partial charge in [0.05, 0.1) is 18.2 Å². The predicted molar refractivity (Wildman–Crippen MR) is 103 cm³/mol. The minimum absolute atomic E-state index is 0.269. The Labute approximate surface area is 160 Å². The summed E-state index contributed by atoms with van der Waals surface area (Å²) in [5.41, 5.74) is 0.450. The summed E-state index contributed by atoms with van der Waals surface area (Å²) in [6.07, 6.45) is 2.00. The first kappa shape index (κ1) is 19.7. The van der Waals surface area contributed by atoms with Gasteiger partial charge >= 0.3 is 0 Å². The van der Waals surface area contributed by atoms with Crippen LogP contribution in [0.15, 0.2) is 16.6 Å². The van der Waals surface area contributed by atoms with Crippen molar-refractivity contribution in [3.8, 4) is 11.5 Å². The molecule has 0 atom stereocenters. The Hall–Kier alpha value is -1.67. The Morgan fingerprint density at radius 3 is 2.60 bits per heavy atom. The number of rotatable bonds is 8. The summed E-state index contributed by atoms with van der Waals surface area (Å²) in [5.74, 6) is 1.18. The molecule has 136 valence electrons. The lowest BCUT2D eigenvalue weighted by Crippen LogP contribution is -2.12. The Morgan fingerprint density at radius 1 is 1.28 bits per heavy atom. The first-order chi connectivity index (χ1) is 12.0. The van der Waals surface area contributed by atoms with E-state index in [9.17, 15) is 4.79 Å². The molecular formula is C17H22BrN3O3S. The van der Waals surface area contributed by atoms with E-state index in [4.69, 9.17) is 9.47 Å². The zero-order valence-corrected chi connectivity index (χ0v) is 17.2. The lowest BCUT2D eigenvalue weighted by atomic mass is 10.1. The van der Waals surface area contributed by atoms with Crippen LogP contribution in [0.25, 0.3) is 0 Å². The first-order valence-corrected chi connectivity index (χ1v) is 9.79. The summed E-state index contributed by atoms with van der Waals surface area (Å²) < 4.78 is 11.5. The van der Waals surface area contributed by atoms with Gasteiger partial charge in [-0.15, -0.1) is 10.2 Å². The van der Waals surface area contributed by atoms with Crippen LogP contribution in [0.1, 0.15) is 54.9 Å². The van der Waals surface area contributed by atoms with Crippen molar-refractivity contribution in [3.63, 3.8) is 0 Å². The second-order valence-electron chi connectivity index (χ2n) is 5.34. The number of amides is 1. The fourth-order valence-corrected chi connectivity index (χ4v) is 3.95. The Kier molecular flexibility index (Phi) is 7.19. The molecule has 2 rings (SSSR count). The third kappa shape index (κ3) is 4.70. The van der Waals surface area contributed by atoms with Gasteiger partial charge in [0.25, 0.3) is 5.91 Å². The van der Waals surface area contributed by atoms with Gasteiger partial charge in [-0.2, -0.15) is 0 Å². The number of hydrogen-bond donors (Lipinski definition) is 1. The van der Waals surface area contributed by atoms with E-state index in [1.165, 1.54) is 11.3 Å². The summed E-state index contributed by atoms with van der Waals surface area (Å²) in [6.45, 7) is 6.64. The number of aromatic nitrogens is 2. The number of anilines is 1. The molecule has 1 N–H and O–H groups in total. The van der Waals surface area contributed by atoms with Crippen LogP contribution < -0.4 is 14.8 Å².